The van der Waals surface area contributed by atoms with Crippen molar-refractivity contribution >= 4 is 53.1 Å². The van der Waals surface area contributed by atoms with Gasteiger partial charge in [0.25, 0.3) is 0 Å². The maximum atomic E-state index is 2.63. The molecular formula is C59H50S. The third kappa shape index (κ3) is 5.66. The van der Waals surface area contributed by atoms with Crippen LogP contribution in [0.3, 0.4) is 0 Å². The van der Waals surface area contributed by atoms with Crippen molar-refractivity contribution in [3.63, 3.8) is 0 Å². The van der Waals surface area contributed by atoms with Crippen LogP contribution < -0.4 is 0 Å². The smallest absolute Gasteiger partial charge is 0.0159 e. The van der Waals surface area contributed by atoms with Crippen molar-refractivity contribution in [2.24, 2.45) is 5.92 Å². The Bertz CT molecular complexity index is 3280. The molecule has 11 rings (SSSR count). The molecule has 0 spiro atoms. The zero-order chi connectivity index (χ0) is 40.9. The van der Waals surface area contributed by atoms with Crippen molar-refractivity contribution in [3.05, 3.63) is 199 Å². The van der Waals surface area contributed by atoms with Crippen molar-refractivity contribution in [1.82, 2.24) is 0 Å². The Morgan fingerprint density at radius 3 is 1.67 bits per heavy atom. The van der Waals surface area contributed by atoms with Crippen LogP contribution in [0.4, 0.5) is 0 Å². The van der Waals surface area contributed by atoms with Gasteiger partial charge in [-0.25, -0.2) is 10.0 Å². The number of hydrogen-bond acceptors (Lipinski definition) is 0. The Hall–Kier alpha value is -6.15. The van der Waals surface area contributed by atoms with E-state index >= 15 is 0 Å². The van der Waals surface area contributed by atoms with Gasteiger partial charge in [0.15, 0.2) is 0 Å². The lowest BCUT2D eigenvalue weighted by molar-refractivity contribution is 0.627. The van der Waals surface area contributed by atoms with E-state index in [1.165, 1.54) is 109 Å². The van der Waals surface area contributed by atoms with Gasteiger partial charge >= 0.3 is 0 Å². The van der Waals surface area contributed by atoms with Crippen LogP contribution in [0.25, 0.3) is 87.6 Å². The highest BCUT2D eigenvalue weighted by Crippen LogP contribution is 2.56. The largest absolute Gasteiger partial charge is 0.223 e. The Morgan fingerprint density at radius 1 is 0.433 bits per heavy atom. The Morgan fingerprint density at radius 2 is 0.967 bits per heavy atom. The summed E-state index contributed by atoms with van der Waals surface area (Å²) in [7, 11) is -1.15. The first-order valence-electron chi connectivity index (χ1n) is 21.4. The molecule has 2 atom stereocenters. The minimum Gasteiger partial charge on any atom is -0.223 e. The van der Waals surface area contributed by atoms with E-state index in [0.29, 0.717) is 11.8 Å². The zero-order valence-corrected chi connectivity index (χ0v) is 36.2. The quantitative estimate of drug-likeness (QED) is 0.152. The summed E-state index contributed by atoms with van der Waals surface area (Å²) in [5.74, 6) is 0.704. The summed E-state index contributed by atoms with van der Waals surface area (Å²) >= 11 is 0. The standard InChI is InChI=1S/C59H50S/c1-37-17-7-10-22-42(37)50-35-52-53(36-56(50)60(4,5)6)58(48-27-16-21-39-19-9-12-24-44(39)48)51-33-40(30-32-49(51)57(52)47-26-15-20-38-18-8-11-23-43(38)47)41-29-31-46-45-25-13-14-28-54(45)59(2,3)55(46)34-41/h7-37,42H,1-6H3. The predicted octanol–water partition coefficient (Wildman–Crippen LogP) is 16.5. The second-order valence-electron chi connectivity index (χ2n) is 18.4. The zero-order valence-electron chi connectivity index (χ0n) is 35.4. The molecule has 9 aromatic rings. The molecule has 9 aromatic carbocycles. The topological polar surface area (TPSA) is 0 Å². The lowest BCUT2D eigenvalue weighted by Gasteiger charge is -2.34. The summed E-state index contributed by atoms with van der Waals surface area (Å²) in [4.78, 5) is 1.49. The van der Waals surface area contributed by atoms with E-state index in [9.17, 15) is 0 Å². The van der Waals surface area contributed by atoms with Gasteiger partial charge in [-0.15, -0.1) is 0 Å². The summed E-state index contributed by atoms with van der Waals surface area (Å²) in [6.07, 6.45) is 16.7. The van der Waals surface area contributed by atoms with Crippen LogP contribution in [-0.4, -0.2) is 18.8 Å². The Labute approximate surface area is 356 Å². The van der Waals surface area contributed by atoms with Gasteiger partial charge in [0, 0.05) is 11.3 Å². The van der Waals surface area contributed by atoms with Crippen LogP contribution in [0.5, 0.6) is 0 Å². The molecule has 2 aliphatic rings. The van der Waals surface area contributed by atoms with E-state index < -0.39 is 10.0 Å². The second kappa shape index (κ2) is 13.7. The fourth-order valence-electron chi connectivity index (χ4n) is 10.7. The first-order chi connectivity index (χ1) is 29.1. The number of benzene rings is 9. The van der Waals surface area contributed by atoms with E-state index in [2.05, 4.69) is 222 Å². The third-order valence-electron chi connectivity index (χ3n) is 13.7. The molecule has 0 saturated heterocycles. The van der Waals surface area contributed by atoms with E-state index in [-0.39, 0.29) is 5.41 Å². The molecule has 0 amide bonds. The molecule has 0 bridgehead atoms. The highest BCUT2D eigenvalue weighted by Gasteiger charge is 2.35. The summed E-state index contributed by atoms with van der Waals surface area (Å²) in [5.41, 5.74) is 14.6. The summed E-state index contributed by atoms with van der Waals surface area (Å²) in [6.45, 7) is 7.14. The Balaban J connectivity index is 1.30. The van der Waals surface area contributed by atoms with Gasteiger partial charge in [0.1, 0.15) is 0 Å². The lowest BCUT2D eigenvalue weighted by atomic mass is 9.79. The predicted molar refractivity (Wildman–Crippen MR) is 264 cm³/mol. The highest BCUT2D eigenvalue weighted by molar-refractivity contribution is 8.32. The van der Waals surface area contributed by atoms with Gasteiger partial charge in [-0.3, -0.25) is 0 Å². The maximum Gasteiger partial charge on any atom is 0.0159 e. The number of hydrogen-bond donors (Lipinski definition) is 0. The fourth-order valence-corrected chi connectivity index (χ4v) is 12.1. The van der Waals surface area contributed by atoms with Gasteiger partial charge in [0.2, 0.25) is 0 Å². The number of allylic oxidation sites excluding steroid dienone is 4. The molecule has 0 nitrogen and oxygen atoms in total. The van der Waals surface area contributed by atoms with Crippen LogP contribution in [0.2, 0.25) is 0 Å². The van der Waals surface area contributed by atoms with Gasteiger partial charge in [0.05, 0.1) is 0 Å². The van der Waals surface area contributed by atoms with Crippen LogP contribution in [0.15, 0.2) is 187 Å². The van der Waals surface area contributed by atoms with Gasteiger partial charge in [-0.05, 0) is 158 Å². The average Bonchev–Trinajstić information content (AvgIpc) is 3.49. The van der Waals surface area contributed by atoms with Gasteiger partial charge in [-0.1, -0.05) is 179 Å². The molecule has 0 radical (unpaired) electrons. The van der Waals surface area contributed by atoms with E-state index in [1.807, 2.05) is 0 Å². The highest BCUT2D eigenvalue weighted by atomic mass is 32.3. The van der Waals surface area contributed by atoms with Gasteiger partial charge < -0.3 is 0 Å². The van der Waals surface area contributed by atoms with Gasteiger partial charge in [-0.2, -0.15) is 0 Å². The molecule has 0 aliphatic heterocycles. The Kier molecular flexibility index (Phi) is 8.42. The molecule has 0 heterocycles. The number of fused-ring (bicyclic) bond motifs is 7. The number of rotatable bonds is 5. The minimum absolute atomic E-state index is 0.0746. The molecule has 2 aliphatic carbocycles. The lowest BCUT2D eigenvalue weighted by Crippen LogP contribution is -2.14. The van der Waals surface area contributed by atoms with Crippen LogP contribution >= 0.6 is 10.0 Å². The molecule has 0 saturated carbocycles. The minimum atomic E-state index is -1.15. The molecule has 0 N–H and O–H groups in total. The molecule has 0 aromatic heterocycles. The van der Waals surface area contributed by atoms with Crippen LogP contribution in [-0.2, 0) is 5.41 Å². The molecule has 0 fully saturated rings. The summed E-state index contributed by atoms with van der Waals surface area (Å²) in [6, 6.07) is 60.3. The van der Waals surface area contributed by atoms with Crippen LogP contribution in [0.1, 0.15) is 43.4 Å². The summed E-state index contributed by atoms with van der Waals surface area (Å²) < 4.78 is 0. The van der Waals surface area contributed by atoms with E-state index in [1.54, 1.807) is 0 Å². The molecular weight excluding hydrogens is 741 g/mol. The van der Waals surface area contributed by atoms with Crippen molar-refractivity contribution in [1.29, 1.82) is 0 Å². The average molecular weight is 791 g/mol. The molecule has 60 heavy (non-hydrogen) atoms. The third-order valence-corrected chi connectivity index (χ3v) is 15.4. The molecule has 1 heteroatoms. The van der Waals surface area contributed by atoms with Crippen LogP contribution in [0, 0.1) is 5.92 Å². The van der Waals surface area contributed by atoms with Crippen molar-refractivity contribution in [2.75, 3.05) is 18.8 Å². The first kappa shape index (κ1) is 36.9. The molecule has 2 unspecified atom stereocenters. The van der Waals surface area contributed by atoms with Crippen molar-refractivity contribution < 1.29 is 0 Å². The normalized spacial score (nSPS) is 17.1. The van der Waals surface area contributed by atoms with Crippen molar-refractivity contribution in [2.45, 2.75) is 37.0 Å². The monoisotopic (exact) mass is 790 g/mol. The second-order valence-corrected chi connectivity index (χ2v) is 22.5. The van der Waals surface area contributed by atoms with Crippen molar-refractivity contribution in [3.8, 4) is 44.5 Å². The van der Waals surface area contributed by atoms with E-state index in [4.69, 9.17) is 0 Å². The van der Waals surface area contributed by atoms with E-state index in [0.717, 1.165) is 0 Å². The molecule has 292 valence electrons. The fraction of sp³-hybridized carbons (Fsp3) is 0.153. The maximum absolute atomic E-state index is 2.63. The first-order valence-corrected chi connectivity index (χ1v) is 24.3. The summed E-state index contributed by atoms with van der Waals surface area (Å²) in [5, 5.41) is 10.3. The SMILES string of the molecule is CC1C=CC=CC1c1cc2c(-c3cccc4ccccc34)c3ccc(-c4ccc5c(c4)C(C)(C)c4ccccc4-5)cc3c(-c3cccc4ccccc34)c2cc1S(C)(C)C.